The van der Waals surface area contributed by atoms with Gasteiger partial charge < -0.3 is 33.8 Å². The molecule has 2 unspecified atom stereocenters. The number of rotatable bonds is 84. The maximum atomic E-state index is 13.1. The zero-order valence-electron chi connectivity index (χ0n) is 67.5. The molecule has 0 bridgehead atoms. The fourth-order valence-corrected chi connectivity index (χ4v) is 14.7. The number of phosphoric acid groups is 2. The van der Waals surface area contributed by atoms with Crippen molar-refractivity contribution in [1.29, 1.82) is 0 Å². The van der Waals surface area contributed by atoms with E-state index in [1.54, 1.807) is 0 Å². The monoisotopic (exact) mass is 1510 g/mol. The molecule has 0 saturated carbocycles. The minimum Gasteiger partial charge on any atom is -0.462 e. The summed E-state index contributed by atoms with van der Waals surface area (Å²) in [5.74, 6) is -1.33. The van der Waals surface area contributed by atoms with Crippen molar-refractivity contribution in [3.05, 3.63) is 0 Å². The van der Waals surface area contributed by atoms with Crippen molar-refractivity contribution < 1.29 is 80.2 Å². The zero-order chi connectivity index (χ0) is 75.5. The molecule has 0 spiro atoms. The molecule has 0 aliphatic rings. The lowest BCUT2D eigenvalue weighted by Crippen LogP contribution is -2.30. The van der Waals surface area contributed by atoms with Crippen LogP contribution < -0.4 is 0 Å². The molecule has 0 saturated heterocycles. The van der Waals surface area contributed by atoms with Gasteiger partial charge >= 0.3 is 39.5 Å². The second kappa shape index (κ2) is 76.8. The molecule has 17 nitrogen and oxygen atoms in total. The van der Waals surface area contributed by atoms with Crippen molar-refractivity contribution >= 4 is 39.5 Å². The first-order valence-electron chi connectivity index (χ1n) is 43.6. The summed E-state index contributed by atoms with van der Waals surface area (Å²) < 4.78 is 68.8. The molecular weight excluding hydrogens is 1340 g/mol. The van der Waals surface area contributed by atoms with E-state index in [-0.39, 0.29) is 25.7 Å². The van der Waals surface area contributed by atoms with Crippen LogP contribution in [0, 0.1) is 5.92 Å². The molecule has 0 aromatic heterocycles. The van der Waals surface area contributed by atoms with E-state index < -0.39 is 97.5 Å². The molecule has 0 rings (SSSR count). The summed E-state index contributed by atoms with van der Waals surface area (Å²) in [6.45, 7) is 7.35. The van der Waals surface area contributed by atoms with Crippen LogP contribution in [0.15, 0.2) is 0 Å². The smallest absolute Gasteiger partial charge is 0.462 e. The SMILES string of the molecule is CCCCCCCCCCCCCCCCCCCCCCCCC(=O)O[C@H](COC(=O)CCCCCCCCCCCCCCCCCC)COP(=O)(O)OC[C@@H](O)COP(=O)(O)OC[C@@H](COC(=O)CCCCCCCCCCCC)OC(=O)CCCCCCCCCCCCCCC(C)C. The Morgan fingerprint density at radius 3 is 0.660 bits per heavy atom. The van der Waals surface area contributed by atoms with Gasteiger partial charge in [-0.2, -0.15) is 0 Å². The van der Waals surface area contributed by atoms with E-state index in [0.29, 0.717) is 25.7 Å². The van der Waals surface area contributed by atoms with Crippen molar-refractivity contribution in [3.8, 4) is 0 Å². The standard InChI is InChI=1S/C84H164O17P2/c1-6-9-12-15-18-21-24-26-28-30-31-32-33-34-35-37-39-44-49-54-59-64-69-83(88)101-80(74-95-82(87)68-63-58-53-48-43-38-36-29-27-25-22-19-16-13-10-7-2)76-99-103(92,93)97-72-78(85)71-96-102(90,91)98-75-79(73-94-81(86)67-62-57-52-47-23-20-17-14-11-8-3)100-84(89)70-65-60-55-50-45-41-40-42-46-51-56-61-66-77(4)5/h77-80,85H,6-76H2,1-5H3,(H,90,91)(H,92,93)/t78-,79+,80+/m0/s1. The molecule has 103 heavy (non-hydrogen) atoms. The quantitative estimate of drug-likeness (QED) is 0.0222. The van der Waals surface area contributed by atoms with Gasteiger partial charge in [0, 0.05) is 25.7 Å². The molecule has 0 aliphatic heterocycles. The van der Waals surface area contributed by atoms with Gasteiger partial charge in [-0.3, -0.25) is 37.3 Å². The van der Waals surface area contributed by atoms with E-state index in [4.69, 9.17) is 37.0 Å². The molecule has 612 valence electrons. The molecule has 3 N–H and O–H groups in total. The van der Waals surface area contributed by atoms with Crippen LogP contribution in [0.3, 0.4) is 0 Å². The third-order valence-corrected chi connectivity index (χ3v) is 21.7. The maximum Gasteiger partial charge on any atom is 0.472 e. The van der Waals surface area contributed by atoms with E-state index in [2.05, 4.69) is 34.6 Å². The number of esters is 4. The number of aliphatic hydroxyl groups is 1. The summed E-state index contributed by atoms with van der Waals surface area (Å²) in [5.41, 5.74) is 0. The number of unbranched alkanes of at least 4 members (excludes halogenated alkanes) is 56. The average Bonchev–Trinajstić information content (AvgIpc) is 0.914. The lowest BCUT2D eigenvalue weighted by atomic mass is 10.0. The van der Waals surface area contributed by atoms with Gasteiger partial charge in [-0.25, -0.2) is 9.13 Å². The predicted molar refractivity (Wildman–Crippen MR) is 423 cm³/mol. The second-order valence-electron chi connectivity index (χ2n) is 30.7. The first kappa shape index (κ1) is 101. The molecule has 5 atom stereocenters. The second-order valence-corrected chi connectivity index (χ2v) is 33.6. The Kier molecular flexibility index (Phi) is 75.4. The Labute approximate surface area is 632 Å². The summed E-state index contributed by atoms with van der Waals surface area (Å²) >= 11 is 0. The highest BCUT2D eigenvalue weighted by atomic mass is 31.2. The summed E-state index contributed by atoms with van der Waals surface area (Å²) in [4.78, 5) is 73.1. The van der Waals surface area contributed by atoms with Crippen LogP contribution in [0.2, 0.25) is 0 Å². The van der Waals surface area contributed by atoms with E-state index in [9.17, 15) is 43.2 Å². The first-order chi connectivity index (χ1) is 50.0. The minimum atomic E-state index is -4.96. The minimum absolute atomic E-state index is 0.108. The van der Waals surface area contributed by atoms with Crippen LogP contribution in [-0.4, -0.2) is 96.7 Å². The van der Waals surface area contributed by atoms with Gasteiger partial charge in [0.15, 0.2) is 12.2 Å². The summed E-state index contributed by atoms with van der Waals surface area (Å²) in [6.07, 6.45) is 69.4. The van der Waals surface area contributed by atoms with Crippen molar-refractivity contribution in [1.82, 2.24) is 0 Å². The van der Waals surface area contributed by atoms with Gasteiger partial charge in [0.25, 0.3) is 0 Å². The highest BCUT2D eigenvalue weighted by Gasteiger charge is 2.30. The van der Waals surface area contributed by atoms with Crippen LogP contribution >= 0.6 is 15.6 Å². The van der Waals surface area contributed by atoms with Gasteiger partial charge in [0.05, 0.1) is 26.4 Å². The first-order valence-corrected chi connectivity index (χ1v) is 46.6. The van der Waals surface area contributed by atoms with Crippen LogP contribution in [0.4, 0.5) is 0 Å². The average molecular weight is 1510 g/mol. The van der Waals surface area contributed by atoms with E-state index in [1.807, 2.05) is 0 Å². The van der Waals surface area contributed by atoms with Crippen molar-refractivity contribution in [2.24, 2.45) is 5.92 Å². The fraction of sp³-hybridized carbons (Fsp3) is 0.952. The Bertz CT molecular complexity index is 1960. The Balaban J connectivity index is 5.21. The van der Waals surface area contributed by atoms with Crippen molar-refractivity contribution in [2.75, 3.05) is 39.6 Å². The maximum absolute atomic E-state index is 13.1. The Morgan fingerprint density at radius 1 is 0.262 bits per heavy atom. The molecular formula is C84H164O17P2. The van der Waals surface area contributed by atoms with Crippen LogP contribution in [0.1, 0.15) is 452 Å². The largest absolute Gasteiger partial charge is 0.472 e. The summed E-state index contributed by atoms with van der Waals surface area (Å²) in [7, 11) is -9.92. The zero-order valence-corrected chi connectivity index (χ0v) is 69.3. The Hall–Kier alpha value is -1.94. The predicted octanol–water partition coefficient (Wildman–Crippen LogP) is 25.6. The van der Waals surface area contributed by atoms with Crippen molar-refractivity contribution in [3.63, 3.8) is 0 Å². The molecule has 0 aromatic rings. The van der Waals surface area contributed by atoms with Crippen LogP contribution in [0.5, 0.6) is 0 Å². The number of aliphatic hydroxyl groups excluding tert-OH is 1. The van der Waals surface area contributed by atoms with Gasteiger partial charge in [0.2, 0.25) is 0 Å². The number of hydrogen-bond acceptors (Lipinski definition) is 15. The highest BCUT2D eigenvalue weighted by molar-refractivity contribution is 7.47. The normalized spacial score (nSPS) is 13.8. The number of carbonyl (C=O) groups excluding carboxylic acids is 4. The molecule has 0 fully saturated rings. The van der Waals surface area contributed by atoms with Crippen LogP contribution in [-0.2, 0) is 65.4 Å². The van der Waals surface area contributed by atoms with Gasteiger partial charge in [-0.15, -0.1) is 0 Å². The lowest BCUT2D eigenvalue weighted by molar-refractivity contribution is -0.161. The fourth-order valence-electron chi connectivity index (χ4n) is 13.1. The molecule has 0 aliphatic carbocycles. The van der Waals surface area contributed by atoms with E-state index >= 15 is 0 Å². The number of phosphoric ester groups is 2. The molecule has 0 radical (unpaired) electrons. The summed E-state index contributed by atoms with van der Waals surface area (Å²) in [5, 5.41) is 10.7. The molecule has 0 amide bonds. The molecule has 0 heterocycles. The third kappa shape index (κ3) is 78.0. The van der Waals surface area contributed by atoms with Gasteiger partial charge in [-0.1, -0.05) is 401 Å². The van der Waals surface area contributed by atoms with Gasteiger partial charge in [-0.05, 0) is 31.6 Å². The summed E-state index contributed by atoms with van der Waals surface area (Å²) in [6, 6.07) is 0. The van der Waals surface area contributed by atoms with E-state index in [1.165, 1.54) is 276 Å². The Morgan fingerprint density at radius 2 is 0.447 bits per heavy atom. The molecule has 0 aromatic carbocycles. The number of carbonyl (C=O) groups is 4. The molecule has 19 heteroatoms. The number of hydrogen-bond donors (Lipinski definition) is 3. The van der Waals surface area contributed by atoms with Crippen LogP contribution in [0.25, 0.3) is 0 Å². The highest BCUT2D eigenvalue weighted by Crippen LogP contribution is 2.45. The van der Waals surface area contributed by atoms with Crippen molar-refractivity contribution in [2.45, 2.75) is 470 Å². The third-order valence-electron chi connectivity index (χ3n) is 19.8. The number of ether oxygens (including phenoxy) is 4. The topological polar surface area (TPSA) is 237 Å². The lowest BCUT2D eigenvalue weighted by Gasteiger charge is -2.21. The van der Waals surface area contributed by atoms with E-state index in [0.717, 1.165) is 95.8 Å². The van der Waals surface area contributed by atoms with Gasteiger partial charge in [0.1, 0.15) is 19.3 Å².